The van der Waals surface area contributed by atoms with Crippen molar-refractivity contribution in [2.24, 2.45) is 11.3 Å². The summed E-state index contributed by atoms with van der Waals surface area (Å²) >= 11 is 0. The molecule has 0 aromatic heterocycles. The summed E-state index contributed by atoms with van der Waals surface area (Å²) in [6, 6.07) is 3.32. The molecule has 0 bridgehead atoms. The molecule has 2 aliphatic rings. The summed E-state index contributed by atoms with van der Waals surface area (Å²) < 4.78 is 0. The van der Waals surface area contributed by atoms with Crippen molar-refractivity contribution in [1.29, 1.82) is 5.26 Å². The van der Waals surface area contributed by atoms with E-state index in [4.69, 9.17) is 0 Å². The van der Waals surface area contributed by atoms with E-state index in [0.29, 0.717) is 0 Å². The molecular formula is C15H26N2. The van der Waals surface area contributed by atoms with E-state index < -0.39 is 0 Å². The monoisotopic (exact) mass is 234 g/mol. The Hall–Kier alpha value is -0.550. The first-order chi connectivity index (χ1) is 8.18. The standard InChI is InChI=1S/C15H26N2/c1-3-13-6-4-5-7-14(13)17-10-8-15(2,12-16)9-11-17/h13-14H,3-11H2,1-2H3. The Bertz CT molecular complexity index is 284. The molecule has 0 amide bonds. The van der Waals surface area contributed by atoms with Crippen LogP contribution in [0.15, 0.2) is 0 Å². The molecule has 17 heavy (non-hydrogen) atoms. The molecule has 1 aliphatic carbocycles. The third-order valence-electron chi connectivity index (χ3n) is 5.03. The third-order valence-corrected chi connectivity index (χ3v) is 5.03. The zero-order valence-corrected chi connectivity index (χ0v) is 11.4. The zero-order valence-electron chi connectivity index (χ0n) is 11.4. The number of piperidine rings is 1. The minimum Gasteiger partial charge on any atom is -0.300 e. The van der Waals surface area contributed by atoms with Gasteiger partial charge in [-0.3, -0.25) is 4.90 Å². The van der Waals surface area contributed by atoms with Crippen molar-refractivity contribution in [2.75, 3.05) is 13.1 Å². The summed E-state index contributed by atoms with van der Waals surface area (Å²) in [5.41, 5.74) is -0.0487. The van der Waals surface area contributed by atoms with Gasteiger partial charge in [0.25, 0.3) is 0 Å². The normalized spacial score (nSPS) is 34.2. The van der Waals surface area contributed by atoms with Crippen molar-refractivity contribution in [3.05, 3.63) is 0 Å². The summed E-state index contributed by atoms with van der Waals surface area (Å²) in [6.07, 6.45) is 9.12. The molecule has 2 atom stereocenters. The molecule has 1 aliphatic heterocycles. The van der Waals surface area contributed by atoms with E-state index in [-0.39, 0.29) is 5.41 Å². The highest BCUT2D eigenvalue weighted by molar-refractivity contribution is 5.00. The SMILES string of the molecule is CCC1CCCCC1N1CCC(C)(C#N)CC1. The van der Waals surface area contributed by atoms with Crippen molar-refractivity contribution in [3.8, 4) is 6.07 Å². The van der Waals surface area contributed by atoms with E-state index in [1.165, 1.54) is 32.1 Å². The number of likely N-dealkylation sites (tertiary alicyclic amines) is 1. The molecule has 1 saturated heterocycles. The van der Waals surface area contributed by atoms with Crippen molar-refractivity contribution in [2.45, 2.75) is 64.8 Å². The Morgan fingerprint density at radius 1 is 1.24 bits per heavy atom. The molecule has 2 rings (SSSR count). The van der Waals surface area contributed by atoms with Gasteiger partial charge in [0.1, 0.15) is 0 Å². The summed E-state index contributed by atoms with van der Waals surface area (Å²) in [5.74, 6) is 0.912. The Morgan fingerprint density at radius 3 is 2.47 bits per heavy atom. The van der Waals surface area contributed by atoms with Gasteiger partial charge in [0.15, 0.2) is 0 Å². The van der Waals surface area contributed by atoms with Crippen LogP contribution < -0.4 is 0 Å². The molecule has 1 saturated carbocycles. The maximum absolute atomic E-state index is 9.18. The maximum Gasteiger partial charge on any atom is 0.0687 e. The van der Waals surface area contributed by atoms with Gasteiger partial charge < -0.3 is 0 Å². The fourth-order valence-electron chi connectivity index (χ4n) is 3.61. The van der Waals surface area contributed by atoms with Crippen LogP contribution in [0.2, 0.25) is 0 Å². The van der Waals surface area contributed by atoms with E-state index in [2.05, 4.69) is 24.8 Å². The lowest BCUT2D eigenvalue weighted by Gasteiger charge is -2.44. The first-order valence-corrected chi connectivity index (χ1v) is 7.34. The van der Waals surface area contributed by atoms with Gasteiger partial charge >= 0.3 is 0 Å². The van der Waals surface area contributed by atoms with Gasteiger partial charge in [-0.25, -0.2) is 0 Å². The molecule has 96 valence electrons. The van der Waals surface area contributed by atoms with Crippen molar-refractivity contribution >= 4 is 0 Å². The number of hydrogen-bond donors (Lipinski definition) is 0. The molecule has 0 N–H and O–H groups in total. The van der Waals surface area contributed by atoms with E-state index in [1.54, 1.807) is 0 Å². The van der Waals surface area contributed by atoms with Crippen LogP contribution >= 0.6 is 0 Å². The molecule has 0 radical (unpaired) electrons. The van der Waals surface area contributed by atoms with Crippen molar-refractivity contribution in [1.82, 2.24) is 4.90 Å². The molecule has 2 unspecified atom stereocenters. The van der Waals surface area contributed by atoms with Crippen LogP contribution in [0.3, 0.4) is 0 Å². The van der Waals surface area contributed by atoms with Gasteiger partial charge in [-0.2, -0.15) is 5.26 Å². The van der Waals surface area contributed by atoms with Gasteiger partial charge in [-0.05, 0) is 51.6 Å². The Kier molecular flexibility index (Phi) is 4.09. The molecule has 1 heterocycles. The smallest absolute Gasteiger partial charge is 0.0687 e. The highest BCUT2D eigenvalue weighted by Gasteiger charge is 2.35. The minimum atomic E-state index is -0.0487. The second kappa shape index (κ2) is 5.40. The topological polar surface area (TPSA) is 27.0 Å². The van der Waals surface area contributed by atoms with Crippen LogP contribution in [0.1, 0.15) is 58.8 Å². The Balaban J connectivity index is 1.93. The third kappa shape index (κ3) is 2.83. The van der Waals surface area contributed by atoms with E-state index in [0.717, 1.165) is 37.9 Å². The van der Waals surface area contributed by atoms with Crippen molar-refractivity contribution in [3.63, 3.8) is 0 Å². The Labute approximate surface area is 106 Å². The summed E-state index contributed by atoms with van der Waals surface area (Å²) in [7, 11) is 0. The lowest BCUT2D eigenvalue weighted by atomic mass is 9.77. The maximum atomic E-state index is 9.18. The predicted octanol–water partition coefficient (Wildman–Crippen LogP) is 3.58. The largest absolute Gasteiger partial charge is 0.300 e. The number of rotatable bonds is 2. The molecule has 2 heteroatoms. The molecule has 2 nitrogen and oxygen atoms in total. The van der Waals surface area contributed by atoms with Crippen LogP contribution in [-0.4, -0.2) is 24.0 Å². The van der Waals surface area contributed by atoms with Gasteiger partial charge in [-0.15, -0.1) is 0 Å². The molecule has 0 aromatic rings. The molecular weight excluding hydrogens is 208 g/mol. The van der Waals surface area contributed by atoms with Crippen LogP contribution in [0, 0.1) is 22.7 Å². The zero-order chi connectivity index (χ0) is 12.3. The van der Waals surface area contributed by atoms with Crippen LogP contribution in [-0.2, 0) is 0 Å². The molecule has 0 spiro atoms. The lowest BCUT2D eigenvalue weighted by Crippen LogP contribution is -2.48. The summed E-state index contributed by atoms with van der Waals surface area (Å²) in [4.78, 5) is 2.69. The van der Waals surface area contributed by atoms with Crippen LogP contribution in [0.25, 0.3) is 0 Å². The van der Waals surface area contributed by atoms with E-state index >= 15 is 0 Å². The predicted molar refractivity (Wildman–Crippen MR) is 70.6 cm³/mol. The first kappa shape index (κ1) is 12.9. The fourth-order valence-corrected chi connectivity index (χ4v) is 3.61. The number of nitriles is 1. The summed E-state index contributed by atoms with van der Waals surface area (Å²) in [5, 5.41) is 9.18. The van der Waals surface area contributed by atoms with Crippen LogP contribution in [0.4, 0.5) is 0 Å². The van der Waals surface area contributed by atoms with Crippen molar-refractivity contribution < 1.29 is 0 Å². The summed E-state index contributed by atoms with van der Waals surface area (Å²) in [6.45, 7) is 6.76. The van der Waals surface area contributed by atoms with Crippen LogP contribution in [0.5, 0.6) is 0 Å². The average molecular weight is 234 g/mol. The lowest BCUT2D eigenvalue weighted by molar-refractivity contribution is 0.0554. The van der Waals surface area contributed by atoms with Gasteiger partial charge in [0.05, 0.1) is 11.5 Å². The quantitative estimate of drug-likeness (QED) is 0.730. The molecule has 2 fully saturated rings. The highest BCUT2D eigenvalue weighted by Crippen LogP contribution is 2.36. The number of nitrogens with zero attached hydrogens (tertiary/aromatic N) is 2. The fraction of sp³-hybridized carbons (Fsp3) is 0.933. The van der Waals surface area contributed by atoms with E-state index in [1.807, 2.05) is 0 Å². The van der Waals surface area contributed by atoms with Gasteiger partial charge in [0, 0.05) is 6.04 Å². The first-order valence-electron chi connectivity index (χ1n) is 7.34. The Morgan fingerprint density at radius 2 is 1.88 bits per heavy atom. The average Bonchev–Trinajstić information content (AvgIpc) is 2.40. The van der Waals surface area contributed by atoms with Gasteiger partial charge in [-0.1, -0.05) is 26.2 Å². The number of hydrogen-bond acceptors (Lipinski definition) is 2. The van der Waals surface area contributed by atoms with Gasteiger partial charge in [0.2, 0.25) is 0 Å². The second-order valence-corrected chi connectivity index (χ2v) is 6.23. The minimum absolute atomic E-state index is 0.0487. The molecule has 0 aromatic carbocycles. The van der Waals surface area contributed by atoms with E-state index in [9.17, 15) is 5.26 Å². The second-order valence-electron chi connectivity index (χ2n) is 6.23. The highest BCUT2D eigenvalue weighted by atomic mass is 15.2.